The molecule has 0 radical (unpaired) electrons. The minimum Gasteiger partial charge on any atom is -0.309 e. The van der Waals surface area contributed by atoms with Crippen LogP contribution in [0.15, 0.2) is 11.1 Å². The van der Waals surface area contributed by atoms with E-state index in [1.54, 1.807) is 11.1 Å². The van der Waals surface area contributed by atoms with Gasteiger partial charge in [0.05, 0.1) is 0 Å². The van der Waals surface area contributed by atoms with Gasteiger partial charge >= 0.3 is 0 Å². The molecule has 80 valence electrons. The van der Waals surface area contributed by atoms with E-state index in [1.807, 2.05) is 0 Å². The molecule has 0 aromatic carbocycles. The first-order valence-electron chi connectivity index (χ1n) is 5.43. The lowest BCUT2D eigenvalue weighted by Crippen LogP contribution is -2.38. The molecular formula is C11H20N2S. The predicted molar refractivity (Wildman–Crippen MR) is 63.9 cm³/mol. The summed E-state index contributed by atoms with van der Waals surface area (Å²) in [6, 6.07) is 0.823. The van der Waals surface area contributed by atoms with Crippen LogP contribution in [0.1, 0.15) is 13.3 Å². The Balaban J connectivity index is 1.83. The molecule has 0 aromatic rings. The summed E-state index contributed by atoms with van der Waals surface area (Å²) >= 11 is 2.10. The maximum absolute atomic E-state index is 3.30. The smallest absolute Gasteiger partial charge is 0.0194 e. The van der Waals surface area contributed by atoms with Gasteiger partial charge in [0.15, 0.2) is 0 Å². The molecule has 2 aliphatic rings. The Hall–Kier alpha value is 0.01000. The summed E-state index contributed by atoms with van der Waals surface area (Å²) in [5.41, 5.74) is 3.21. The van der Waals surface area contributed by atoms with Crippen LogP contribution in [0.5, 0.6) is 0 Å². The van der Waals surface area contributed by atoms with E-state index in [0.717, 1.165) is 19.1 Å². The van der Waals surface area contributed by atoms with Crippen LogP contribution in [-0.4, -0.2) is 49.1 Å². The van der Waals surface area contributed by atoms with E-state index in [0.29, 0.717) is 0 Å². The van der Waals surface area contributed by atoms with Crippen molar-refractivity contribution in [2.24, 2.45) is 0 Å². The third-order valence-corrected chi connectivity index (χ3v) is 4.44. The molecule has 0 saturated carbocycles. The zero-order valence-electron chi connectivity index (χ0n) is 9.18. The van der Waals surface area contributed by atoms with E-state index in [9.17, 15) is 0 Å². The standard InChI is InChI=1S/C11H20N2S/c1-9(10-5-12-6-10)7-13(2)11-3-4-14-8-11/h11-12H,3-8H2,1-2H3. The van der Waals surface area contributed by atoms with Crippen molar-refractivity contribution in [1.29, 1.82) is 0 Å². The van der Waals surface area contributed by atoms with Crippen LogP contribution in [0.2, 0.25) is 0 Å². The number of hydrogen-bond acceptors (Lipinski definition) is 3. The van der Waals surface area contributed by atoms with Gasteiger partial charge in [-0.2, -0.15) is 11.8 Å². The van der Waals surface area contributed by atoms with E-state index in [-0.39, 0.29) is 0 Å². The van der Waals surface area contributed by atoms with Gasteiger partial charge in [-0.25, -0.2) is 0 Å². The first-order chi connectivity index (χ1) is 6.77. The normalized spacial score (nSPS) is 26.8. The van der Waals surface area contributed by atoms with Crippen LogP contribution in [0.3, 0.4) is 0 Å². The third kappa shape index (κ3) is 2.33. The molecule has 2 saturated heterocycles. The van der Waals surface area contributed by atoms with Gasteiger partial charge < -0.3 is 5.32 Å². The summed E-state index contributed by atoms with van der Waals surface area (Å²) in [7, 11) is 2.27. The van der Waals surface area contributed by atoms with Crippen molar-refractivity contribution in [3.63, 3.8) is 0 Å². The van der Waals surface area contributed by atoms with Crippen molar-refractivity contribution < 1.29 is 0 Å². The van der Waals surface area contributed by atoms with Crippen molar-refractivity contribution in [1.82, 2.24) is 10.2 Å². The maximum Gasteiger partial charge on any atom is 0.0194 e. The highest BCUT2D eigenvalue weighted by Gasteiger charge is 2.21. The first-order valence-corrected chi connectivity index (χ1v) is 6.59. The van der Waals surface area contributed by atoms with Crippen LogP contribution in [0, 0.1) is 0 Å². The van der Waals surface area contributed by atoms with E-state index in [1.165, 1.54) is 24.5 Å². The predicted octanol–water partition coefficient (Wildman–Crippen LogP) is 1.34. The van der Waals surface area contributed by atoms with Crippen molar-refractivity contribution in [3.05, 3.63) is 11.1 Å². The molecule has 2 nitrogen and oxygen atoms in total. The summed E-state index contributed by atoms with van der Waals surface area (Å²) in [5.74, 6) is 2.68. The average molecular weight is 212 g/mol. The molecular weight excluding hydrogens is 192 g/mol. The summed E-state index contributed by atoms with van der Waals surface area (Å²) in [4.78, 5) is 2.53. The molecule has 1 unspecified atom stereocenters. The average Bonchev–Trinajstić information content (AvgIpc) is 2.51. The van der Waals surface area contributed by atoms with E-state index in [4.69, 9.17) is 0 Å². The second-order valence-electron chi connectivity index (χ2n) is 4.42. The van der Waals surface area contributed by atoms with E-state index < -0.39 is 0 Å². The monoisotopic (exact) mass is 212 g/mol. The van der Waals surface area contributed by atoms with Crippen LogP contribution in [0.4, 0.5) is 0 Å². The Labute approximate surface area is 91.1 Å². The lowest BCUT2D eigenvalue weighted by molar-refractivity contribution is 0.282. The van der Waals surface area contributed by atoms with Crippen LogP contribution >= 0.6 is 11.8 Å². The van der Waals surface area contributed by atoms with E-state index in [2.05, 4.69) is 35.9 Å². The molecule has 0 spiro atoms. The van der Waals surface area contributed by atoms with Crippen LogP contribution < -0.4 is 5.32 Å². The SMILES string of the molecule is CC(CN(C)C1CCSC1)=C1CNC1. The Morgan fingerprint density at radius 2 is 2.36 bits per heavy atom. The molecule has 2 aliphatic heterocycles. The van der Waals surface area contributed by atoms with E-state index >= 15 is 0 Å². The van der Waals surface area contributed by atoms with Crippen molar-refractivity contribution in [3.8, 4) is 0 Å². The molecule has 14 heavy (non-hydrogen) atoms. The highest BCUT2D eigenvalue weighted by atomic mass is 32.2. The minimum atomic E-state index is 0.823. The fourth-order valence-electron chi connectivity index (χ4n) is 2.04. The van der Waals surface area contributed by atoms with Gasteiger partial charge in [-0.3, -0.25) is 4.90 Å². The zero-order chi connectivity index (χ0) is 9.97. The van der Waals surface area contributed by atoms with Gasteiger partial charge in [0, 0.05) is 31.4 Å². The summed E-state index contributed by atoms with van der Waals surface area (Å²) in [5, 5.41) is 3.30. The summed E-state index contributed by atoms with van der Waals surface area (Å²) in [6.45, 7) is 5.70. The second-order valence-corrected chi connectivity index (χ2v) is 5.57. The zero-order valence-corrected chi connectivity index (χ0v) is 9.99. The quantitative estimate of drug-likeness (QED) is 0.711. The molecule has 1 atom stereocenters. The van der Waals surface area contributed by atoms with Gasteiger partial charge in [-0.15, -0.1) is 0 Å². The summed E-state index contributed by atoms with van der Waals surface area (Å²) < 4.78 is 0. The first kappa shape index (κ1) is 10.5. The van der Waals surface area contributed by atoms with Gasteiger partial charge in [-0.05, 0) is 31.7 Å². The molecule has 0 bridgehead atoms. The largest absolute Gasteiger partial charge is 0.309 e. The molecule has 2 heterocycles. The van der Waals surface area contributed by atoms with Crippen molar-refractivity contribution in [2.75, 3.05) is 38.2 Å². The topological polar surface area (TPSA) is 15.3 Å². The highest BCUT2D eigenvalue weighted by molar-refractivity contribution is 7.99. The van der Waals surface area contributed by atoms with Gasteiger partial charge in [0.1, 0.15) is 0 Å². The Morgan fingerprint density at radius 3 is 2.86 bits per heavy atom. The molecule has 3 heteroatoms. The van der Waals surface area contributed by atoms with Crippen LogP contribution in [0.25, 0.3) is 0 Å². The van der Waals surface area contributed by atoms with Gasteiger partial charge in [0.2, 0.25) is 0 Å². The van der Waals surface area contributed by atoms with Crippen molar-refractivity contribution >= 4 is 11.8 Å². The Bertz CT molecular complexity index is 225. The van der Waals surface area contributed by atoms with Gasteiger partial charge in [0.25, 0.3) is 0 Å². The second kappa shape index (κ2) is 4.69. The fourth-order valence-corrected chi connectivity index (χ4v) is 3.34. The molecule has 0 aromatic heterocycles. The number of nitrogens with zero attached hydrogens (tertiary/aromatic N) is 1. The number of hydrogen-bond donors (Lipinski definition) is 1. The number of thioether (sulfide) groups is 1. The molecule has 2 fully saturated rings. The fraction of sp³-hybridized carbons (Fsp3) is 0.818. The number of likely N-dealkylation sites (N-methyl/N-ethyl adjacent to an activating group) is 1. The molecule has 0 aliphatic carbocycles. The Kier molecular flexibility index (Phi) is 3.52. The van der Waals surface area contributed by atoms with Crippen LogP contribution in [-0.2, 0) is 0 Å². The summed E-state index contributed by atoms with van der Waals surface area (Å²) in [6.07, 6.45) is 1.38. The third-order valence-electron chi connectivity index (χ3n) is 3.30. The van der Waals surface area contributed by atoms with Crippen molar-refractivity contribution in [2.45, 2.75) is 19.4 Å². The lowest BCUT2D eigenvalue weighted by Gasteiger charge is -2.28. The van der Waals surface area contributed by atoms with Gasteiger partial charge in [-0.1, -0.05) is 5.57 Å². The maximum atomic E-state index is 3.30. The number of nitrogens with one attached hydrogen (secondary N) is 1. The Morgan fingerprint density at radius 1 is 1.57 bits per heavy atom. The molecule has 1 N–H and O–H groups in total. The highest BCUT2D eigenvalue weighted by Crippen LogP contribution is 2.22. The number of rotatable bonds is 3. The minimum absolute atomic E-state index is 0.823. The molecule has 0 amide bonds. The lowest BCUT2D eigenvalue weighted by atomic mass is 10.0. The molecule has 2 rings (SSSR count).